The first-order chi connectivity index (χ1) is 17.8. The lowest BCUT2D eigenvalue weighted by Gasteiger charge is -2.19. The van der Waals surface area contributed by atoms with Gasteiger partial charge in [-0.2, -0.15) is 5.26 Å². The van der Waals surface area contributed by atoms with Crippen LogP contribution in [0.2, 0.25) is 0 Å². The number of carboxylic acids is 1. The number of carboxylic acid groups (broad SMARTS) is 1. The number of hydrogen-bond donors (Lipinski definition) is 2. The number of aromatic nitrogens is 3. The fraction of sp³-hybridized carbons (Fsp3) is 0.107. The molecule has 0 aliphatic carbocycles. The minimum absolute atomic E-state index is 0.146. The number of nitrogens with zero attached hydrogens (tertiary/aromatic N) is 4. The van der Waals surface area contributed by atoms with Crippen LogP contribution in [0.3, 0.4) is 0 Å². The van der Waals surface area contributed by atoms with Crippen molar-refractivity contribution in [1.82, 2.24) is 15.0 Å². The van der Waals surface area contributed by atoms with Crippen LogP contribution in [0.1, 0.15) is 40.0 Å². The molecule has 5 aromatic rings. The number of aryl methyl sites for hydroxylation is 1. The van der Waals surface area contributed by atoms with Crippen molar-refractivity contribution in [3.05, 3.63) is 105 Å². The highest BCUT2D eigenvalue weighted by Crippen LogP contribution is 2.31. The number of fused-ring (bicyclic) bond motifs is 1. The zero-order valence-corrected chi connectivity index (χ0v) is 20.0. The molecule has 0 spiro atoms. The van der Waals surface area contributed by atoms with Crippen molar-refractivity contribution in [1.29, 1.82) is 5.26 Å². The standard InChI is InChI=1S/C28H21N5O4/c1-16-11-21(17(2)30-23-6-4-3-5-20(23)28(35)36)27-22(12-16)25(34)13-26(37-27)24-15-33(32-31-24)19-9-7-18(14-29)8-10-19/h3-13,15,17,30H,1-2H3,(H,35,36). The fourth-order valence-corrected chi connectivity index (χ4v) is 4.18. The van der Waals surface area contributed by atoms with Crippen molar-refractivity contribution >= 4 is 22.6 Å². The summed E-state index contributed by atoms with van der Waals surface area (Å²) in [5.74, 6) is -0.788. The molecule has 1 atom stereocenters. The number of nitriles is 1. The number of hydrogen-bond acceptors (Lipinski definition) is 7. The van der Waals surface area contributed by atoms with E-state index in [0.717, 1.165) is 5.56 Å². The zero-order valence-electron chi connectivity index (χ0n) is 20.0. The minimum Gasteiger partial charge on any atom is -0.478 e. The molecule has 2 aromatic heterocycles. The largest absolute Gasteiger partial charge is 0.478 e. The van der Waals surface area contributed by atoms with E-state index in [1.807, 2.05) is 19.9 Å². The Morgan fingerprint density at radius 3 is 2.62 bits per heavy atom. The molecule has 0 saturated heterocycles. The fourth-order valence-electron chi connectivity index (χ4n) is 4.18. The van der Waals surface area contributed by atoms with Crippen LogP contribution in [0.5, 0.6) is 0 Å². The van der Waals surface area contributed by atoms with Gasteiger partial charge in [-0.05, 0) is 61.9 Å². The molecule has 9 nitrogen and oxygen atoms in total. The van der Waals surface area contributed by atoms with E-state index in [4.69, 9.17) is 9.68 Å². The molecule has 2 heterocycles. The quantitative estimate of drug-likeness (QED) is 0.335. The number of para-hydroxylation sites is 1. The highest BCUT2D eigenvalue weighted by molar-refractivity contribution is 5.94. The average Bonchev–Trinajstić information content (AvgIpc) is 3.39. The molecule has 9 heteroatoms. The van der Waals surface area contributed by atoms with Gasteiger partial charge in [0.1, 0.15) is 11.3 Å². The Morgan fingerprint density at radius 2 is 1.89 bits per heavy atom. The van der Waals surface area contributed by atoms with Gasteiger partial charge >= 0.3 is 5.97 Å². The highest BCUT2D eigenvalue weighted by atomic mass is 16.4. The Balaban J connectivity index is 1.56. The molecule has 37 heavy (non-hydrogen) atoms. The van der Waals surface area contributed by atoms with Crippen molar-refractivity contribution in [2.24, 2.45) is 0 Å². The van der Waals surface area contributed by atoms with Crippen LogP contribution in [-0.4, -0.2) is 26.1 Å². The predicted molar refractivity (Wildman–Crippen MR) is 138 cm³/mol. The van der Waals surface area contributed by atoms with E-state index >= 15 is 0 Å². The van der Waals surface area contributed by atoms with Gasteiger partial charge in [-0.3, -0.25) is 4.79 Å². The van der Waals surface area contributed by atoms with Crippen LogP contribution >= 0.6 is 0 Å². The van der Waals surface area contributed by atoms with Gasteiger partial charge in [0, 0.05) is 17.3 Å². The van der Waals surface area contributed by atoms with Crippen LogP contribution in [-0.2, 0) is 0 Å². The Hall–Kier alpha value is -5.23. The van der Waals surface area contributed by atoms with Gasteiger partial charge in [0.25, 0.3) is 0 Å². The third kappa shape index (κ3) is 4.56. The van der Waals surface area contributed by atoms with Gasteiger partial charge in [0.05, 0.1) is 40.5 Å². The smallest absolute Gasteiger partial charge is 0.337 e. The maximum Gasteiger partial charge on any atom is 0.337 e. The van der Waals surface area contributed by atoms with E-state index in [-0.39, 0.29) is 22.8 Å². The van der Waals surface area contributed by atoms with E-state index in [2.05, 4.69) is 21.7 Å². The molecule has 0 aliphatic heterocycles. The Labute approximate surface area is 211 Å². The van der Waals surface area contributed by atoms with Crippen molar-refractivity contribution in [3.8, 4) is 23.2 Å². The van der Waals surface area contributed by atoms with Gasteiger partial charge in [-0.1, -0.05) is 23.4 Å². The molecule has 0 fully saturated rings. The third-order valence-electron chi connectivity index (χ3n) is 6.00. The van der Waals surface area contributed by atoms with Gasteiger partial charge in [-0.25, -0.2) is 9.48 Å². The molecule has 2 N–H and O–H groups in total. The lowest BCUT2D eigenvalue weighted by Crippen LogP contribution is -2.12. The number of nitrogens with one attached hydrogen (secondary N) is 1. The summed E-state index contributed by atoms with van der Waals surface area (Å²) in [6.07, 6.45) is 1.64. The molecule has 1 unspecified atom stereocenters. The molecular formula is C28H21N5O4. The molecule has 5 rings (SSSR count). The van der Waals surface area contributed by atoms with Crippen molar-refractivity contribution in [2.75, 3.05) is 5.32 Å². The number of benzene rings is 3. The normalized spacial score (nSPS) is 11.7. The van der Waals surface area contributed by atoms with Crippen molar-refractivity contribution < 1.29 is 14.3 Å². The predicted octanol–water partition coefficient (Wildman–Crippen LogP) is 5.09. The van der Waals surface area contributed by atoms with E-state index < -0.39 is 5.97 Å². The number of carbonyl (C=O) groups is 1. The molecule has 182 valence electrons. The number of rotatable bonds is 6. The van der Waals surface area contributed by atoms with Gasteiger partial charge in [-0.15, -0.1) is 5.10 Å². The summed E-state index contributed by atoms with van der Waals surface area (Å²) in [5, 5.41) is 30.5. The summed E-state index contributed by atoms with van der Waals surface area (Å²) in [6, 6.07) is 20.2. The van der Waals surface area contributed by atoms with E-state index in [1.165, 1.54) is 16.8 Å². The van der Waals surface area contributed by atoms with Gasteiger partial charge < -0.3 is 14.8 Å². The first-order valence-electron chi connectivity index (χ1n) is 11.4. The lowest BCUT2D eigenvalue weighted by atomic mass is 10.0. The van der Waals surface area contributed by atoms with Crippen LogP contribution in [0.25, 0.3) is 28.1 Å². The Kier molecular flexibility index (Phi) is 5.99. The molecule has 0 bridgehead atoms. The second-order valence-corrected chi connectivity index (χ2v) is 8.63. The van der Waals surface area contributed by atoms with Crippen molar-refractivity contribution in [2.45, 2.75) is 19.9 Å². The molecule has 0 radical (unpaired) electrons. The van der Waals surface area contributed by atoms with Crippen LogP contribution < -0.4 is 10.7 Å². The zero-order chi connectivity index (χ0) is 26.1. The second kappa shape index (κ2) is 9.43. The molecule has 3 aromatic carbocycles. The van der Waals surface area contributed by atoms with Crippen LogP contribution in [0, 0.1) is 18.3 Å². The first-order valence-corrected chi connectivity index (χ1v) is 11.4. The summed E-state index contributed by atoms with van der Waals surface area (Å²) in [4.78, 5) is 24.8. The molecule has 0 saturated carbocycles. The van der Waals surface area contributed by atoms with E-state index in [1.54, 1.807) is 54.7 Å². The average molecular weight is 492 g/mol. The van der Waals surface area contributed by atoms with Gasteiger partial charge in [0.2, 0.25) is 0 Å². The van der Waals surface area contributed by atoms with Crippen LogP contribution in [0.4, 0.5) is 5.69 Å². The Bertz CT molecular complexity index is 1750. The van der Waals surface area contributed by atoms with Crippen LogP contribution in [0.15, 0.2) is 82.1 Å². The monoisotopic (exact) mass is 491 g/mol. The maximum absolute atomic E-state index is 13.1. The molecule has 0 amide bonds. The third-order valence-corrected chi connectivity index (χ3v) is 6.00. The second-order valence-electron chi connectivity index (χ2n) is 8.63. The summed E-state index contributed by atoms with van der Waals surface area (Å²) in [5.41, 5.74) is 3.93. The topological polar surface area (TPSA) is 134 Å². The Morgan fingerprint density at radius 1 is 1.14 bits per heavy atom. The highest BCUT2D eigenvalue weighted by Gasteiger charge is 2.19. The molecule has 0 aliphatic rings. The lowest BCUT2D eigenvalue weighted by molar-refractivity contribution is 0.0698. The van der Waals surface area contributed by atoms with Gasteiger partial charge in [0.15, 0.2) is 11.2 Å². The summed E-state index contributed by atoms with van der Waals surface area (Å²) in [7, 11) is 0. The van der Waals surface area contributed by atoms with E-state index in [0.29, 0.717) is 39.2 Å². The summed E-state index contributed by atoms with van der Waals surface area (Å²) >= 11 is 0. The van der Waals surface area contributed by atoms with E-state index in [9.17, 15) is 14.7 Å². The maximum atomic E-state index is 13.1. The number of aromatic carboxylic acids is 1. The van der Waals surface area contributed by atoms with Crippen molar-refractivity contribution in [3.63, 3.8) is 0 Å². The first kappa shape index (κ1) is 23.5. The number of anilines is 1. The summed E-state index contributed by atoms with van der Waals surface area (Å²) in [6.45, 7) is 3.76. The SMILES string of the molecule is Cc1cc(C(C)Nc2ccccc2C(=O)O)c2oc(-c3cn(-c4ccc(C#N)cc4)nn3)cc(=O)c2c1. The molecular weight excluding hydrogens is 470 g/mol. The summed E-state index contributed by atoms with van der Waals surface area (Å²) < 4.78 is 7.75. The minimum atomic E-state index is -1.04.